The summed E-state index contributed by atoms with van der Waals surface area (Å²) in [5.74, 6) is 1.44. The molecule has 7 nitrogen and oxygen atoms in total. The highest BCUT2D eigenvalue weighted by Crippen LogP contribution is 2.14. The molecule has 0 spiro atoms. The molecule has 140 valence electrons. The van der Waals surface area contributed by atoms with Crippen molar-refractivity contribution in [3.05, 3.63) is 41.4 Å². The molecule has 2 aromatic heterocycles. The van der Waals surface area contributed by atoms with E-state index in [1.54, 1.807) is 6.20 Å². The number of nitrogens with one attached hydrogen (secondary N) is 1. The molecule has 0 saturated carbocycles. The van der Waals surface area contributed by atoms with Gasteiger partial charge in [-0.1, -0.05) is 25.4 Å². The minimum absolute atomic E-state index is 0.159. The van der Waals surface area contributed by atoms with Crippen LogP contribution in [0.25, 0.3) is 0 Å². The fraction of sp³-hybridized carbons (Fsp3) is 0.526. The highest BCUT2D eigenvalue weighted by Gasteiger charge is 2.17. The van der Waals surface area contributed by atoms with Crippen LogP contribution in [0.3, 0.4) is 0 Å². The van der Waals surface area contributed by atoms with E-state index >= 15 is 0 Å². The van der Waals surface area contributed by atoms with Crippen LogP contribution in [-0.2, 0) is 13.0 Å². The molecular formula is C19H27N5O2. The second-order valence-electron chi connectivity index (χ2n) is 6.54. The first-order chi connectivity index (χ1) is 12.7. The molecule has 0 unspecified atom stereocenters. The summed E-state index contributed by atoms with van der Waals surface area (Å²) < 4.78 is 5.23. The van der Waals surface area contributed by atoms with Crippen LogP contribution < -0.4 is 10.2 Å². The molecule has 0 atom stereocenters. The number of amides is 1. The van der Waals surface area contributed by atoms with Gasteiger partial charge in [0.1, 0.15) is 5.82 Å². The van der Waals surface area contributed by atoms with E-state index in [0.717, 1.165) is 57.1 Å². The first-order valence-corrected chi connectivity index (χ1v) is 9.35. The number of hydrogen-bond donors (Lipinski definition) is 1. The Balaban J connectivity index is 1.51. The predicted octanol–water partition coefficient (Wildman–Crippen LogP) is 2.09. The van der Waals surface area contributed by atoms with E-state index in [4.69, 9.17) is 4.52 Å². The zero-order valence-corrected chi connectivity index (χ0v) is 15.6. The maximum Gasteiger partial charge on any atom is 0.253 e. The van der Waals surface area contributed by atoms with Crippen molar-refractivity contribution >= 4 is 11.7 Å². The molecule has 1 aliphatic rings. The van der Waals surface area contributed by atoms with Crippen LogP contribution in [-0.4, -0.2) is 53.7 Å². The molecule has 1 amide bonds. The smallest absolute Gasteiger partial charge is 0.253 e. The minimum Gasteiger partial charge on any atom is -0.359 e. The molecule has 26 heavy (non-hydrogen) atoms. The fourth-order valence-electron chi connectivity index (χ4n) is 3.08. The largest absolute Gasteiger partial charge is 0.359 e. The summed E-state index contributed by atoms with van der Waals surface area (Å²) in [6.07, 6.45) is 3.54. The number of carbonyl (C=O) groups excluding carboxylic acids is 1. The van der Waals surface area contributed by atoms with E-state index in [-0.39, 0.29) is 5.91 Å². The van der Waals surface area contributed by atoms with Gasteiger partial charge in [-0.2, -0.15) is 0 Å². The summed E-state index contributed by atoms with van der Waals surface area (Å²) in [5, 5.41) is 6.83. The lowest BCUT2D eigenvalue weighted by atomic mass is 10.2. The Morgan fingerprint density at radius 1 is 1.23 bits per heavy atom. The number of hydrogen-bond acceptors (Lipinski definition) is 6. The van der Waals surface area contributed by atoms with E-state index in [2.05, 4.69) is 39.1 Å². The summed E-state index contributed by atoms with van der Waals surface area (Å²) >= 11 is 0. The van der Waals surface area contributed by atoms with Gasteiger partial charge in [0.05, 0.1) is 17.8 Å². The molecule has 1 fully saturated rings. The molecule has 7 heteroatoms. The Morgan fingerprint density at radius 3 is 2.69 bits per heavy atom. The van der Waals surface area contributed by atoms with E-state index in [1.807, 2.05) is 18.2 Å². The number of nitrogens with zero attached hydrogens (tertiary/aromatic N) is 4. The molecule has 2 aromatic rings. The van der Waals surface area contributed by atoms with Crippen LogP contribution in [0.4, 0.5) is 5.82 Å². The number of pyridine rings is 1. The lowest BCUT2D eigenvalue weighted by Crippen LogP contribution is -2.46. The van der Waals surface area contributed by atoms with Gasteiger partial charge in [-0.25, -0.2) is 4.98 Å². The minimum atomic E-state index is -0.159. The standard InChI is InChI=1S/C19H27N5O2/c1-3-5-16-12-17(26-22-16)14-21-19(25)15-6-7-18(20-13-15)24-10-8-23(4-2)9-11-24/h6-7,12-13H,3-5,8-11,14H2,1-2H3,(H,21,25). The molecule has 0 bridgehead atoms. The van der Waals surface area contributed by atoms with Crippen LogP contribution in [0.1, 0.15) is 42.1 Å². The highest BCUT2D eigenvalue weighted by molar-refractivity contribution is 5.93. The summed E-state index contributed by atoms with van der Waals surface area (Å²) in [6, 6.07) is 5.64. The van der Waals surface area contributed by atoms with E-state index in [9.17, 15) is 4.79 Å². The van der Waals surface area contributed by atoms with Crippen LogP contribution in [0, 0.1) is 0 Å². The Labute approximate surface area is 154 Å². The van der Waals surface area contributed by atoms with Gasteiger partial charge in [0.2, 0.25) is 0 Å². The van der Waals surface area contributed by atoms with Gasteiger partial charge in [-0.05, 0) is 25.1 Å². The zero-order chi connectivity index (χ0) is 18.4. The lowest BCUT2D eigenvalue weighted by molar-refractivity contribution is 0.0946. The van der Waals surface area contributed by atoms with E-state index < -0.39 is 0 Å². The average molecular weight is 357 g/mol. The average Bonchev–Trinajstić information content (AvgIpc) is 3.14. The molecule has 0 aromatic carbocycles. The number of rotatable bonds is 7. The van der Waals surface area contributed by atoms with E-state index in [1.165, 1.54) is 0 Å². The molecular weight excluding hydrogens is 330 g/mol. The Kier molecular flexibility index (Phi) is 6.22. The van der Waals surface area contributed by atoms with Crippen LogP contribution in [0.2, 0.25) is 0 Å². The topological polar surface area (TPSA) is 74.5 Å². The van der Waals surface area contributed by atoms with Gasteiger partial charge in [-0.3, -0.25) is 4.79 Å². The van der Waals surface area contributed by atoms with Crippen molar-refractivity contribution in [3.63, 3.8) is 0 Å². The van der Waals surface area contributed by atoms with Crippen LogP contribution in [0.5, 0.6) is 0 Å². The van der Waals surface area contributed by atoms with Crippen molar-refractivity contribution in [2.24, 2.45) is 0 Å². The van der Waals surface area contributed by atoms with Crippen molar-refractivity contribution in [1.82, 2.24) is 20.4 Å². The van der Waals surface area contributed by atoms with Crippen LogP contribution >= 0.6 is 0 Å². The first kappa shape index (κ1) is 18.4. The highest BCUT2D eigenvalue weighted by atomic mass is 16.5. The maximum absolute atomic E-state index is 12.3. The van der Waals surface area contributed by atoms with Gasteiger partial charge in [0.25, 0.3) is 5.91 Å². The summed E-state index contributed by atoms with van der Waals surface area (Å²) in [4.78, 5) is 21.4. The number of aryl methyl sites for hydroxylation is 1. The molecule has 3 rings (SSSR count). The summed E-state index contributed by atoms with van der Waals surface area (Å²) in [6.45, 7) is 9.74. The Hall–Kier alpha value is -2.41. The predicted molar refractivity (Wildman–Crippen MR) is 100 cm³/mol. The monoisotopic (exact) mass is 357 g/mol. The van der Waals surface area contributed by atoms with Gasteiger partial charge in [-0.15, -0.1) is 0 Å². The third-order valence-electron chi connectivity index (χ3n) is 4.69. The molecule has 1 N–H and O–H groups in total. The number of likely N-dealkylation sites (N-methyl/N-ethyl adjacent to an activating group) is 1. The Bertz CT molecular complexity index is 705. The number of aromatic nitrogens is 2. The van der Waals surface area contributed by atoms with Gasteiger partial charge >= 0.3 is 0 Å². The van der Waals surface area contributed by atoms with Gasteiger partial charge in [0.15, 0.2) is 5.76 Å². The lowest BCUT2D eigenvalue weighted by Gasteiger charge is -2.34. The van der Waals surface area contributed by atoms with Crippen molar-refractivity contribution < 1.29 is 9.32 Å². The second kappa shape index (κ2) is 8.80. The SMILES string of the molecule is CCCc1cc(CNC(=O)c2ccc(N3CCN(CC)CC3)nc2)on1. The van der Waals surface area contributed by atoms with Gasteiger partial charge < -0.3 is 19.6 Å². The van der Waals surface area contributed by atoms with Crippen LogP contribution in [0.15, 0.2) is 28.9 Å². The molecule has 1 saturated heterocycles. The normalized spacial score (nSPS) is 15.2. The van der Waals surface area contributed by atoms with E-state index in [0.29, 0.717) is 17.9 Å². The summed E-state index contributed by atoms with van der Waals surface area (Å²) in [7, 11) is 0. The zero-order valence-electron chi connectivity index (χ0n) is 15.6. The second-order valence-corrected chi connectivity index (χ2v) is 6.54. The Morgan fingerprint density at radius 2 is 2.04 bits per heavy atom. The van der Waals surface area contributed by atoms with Crippen molar-refractivity contribution in [2.75, 3.05) is 37.6 Å². The quantitative estimate of drug-likeness (QED) is 0.818. The van der Waals surface area contributed by atoms with Gasteiger partial charge in [0, 0.05) is 38.4 Å². The number of piperazine rings is 1. The molecule has 0 radical (unpaired) electrons. The van der Waals surface area contributed by atoms with Crippen molar-refractivity contribution in [1.29, 1.82) is 0 Å². The molecule has 3 heterocycles. The molecule has 0 aliphatic carbocycles. The third kappa shape index (κ3) is 4.60. The van der Waals surface area contributed by atoms with Crippen molar-refractivity contribution in [2.45, 2.75) is 33.2 Å². The number of anilines is 1. The number of carbonyl (C=O) groups is 1. The van der Waals surface area contributed by atoms with Crippen molar-refractivity contribution in [3.8, 4) is 0 Å². The fourth-order valence-corrected chi connectivity index (χ4v) is 3.08. The maximum atomic E-state index is 12.3. The first-order valence-electron chi connectivity index (χ1n) is 9.35. The molecule has 1 aliphatic heterocycles. The third-order valence-corrected chi connectivity index (χ3v) is 4.69. The summed E-state index contributed by atoms with van der Waals surface area (Å²) in [5.41, 5.74) is 1.47.